The molecule has 3 aromatic rings. The number of aryl methyl sites for hydroxylation is 2. The largest absolute Gasteiger partial charge is 0.493 e. The summed E-state index contributed by atoms with van der Waals surface area (Å²) >= 11 is 0. The highest BCUT2D eigenvalue weighted by Gasteiger charge is 2.24. The van der Waals surface area contributed by atoms with Crippen LogP contribution in [0.15, 0.2) is 24.5 Å². The molecule has 1 aromatic carbocycles. The molecule has 0 aliphatic carbocycles. The molecule has 9 nitrogen and oxygen atoms in total. The van der Waals surface area contributed by atoms with Crippen molar-refractivity contribution in [2.45, 2.75) is 39.0 Å². The highest BCUT2D eigenvalue weighted by molar-refractivity contribution is 5.87. The summed E-state index contributed by atoms with van der Waals surface area (Å²) in [5.74, 6) is 1.91. The van der Waals surface area contributed by atoms with Crippen LogP contribution in [0, 0.1) is 24.2 Å². The summed E-state index contributed by atoms with van der Waals surface area (Å²) in [6, 6.07) is 8.02. The van der Waals surface area contributed by atoms with Gasteiger partial charge in [-0.2, -0.15) is 10.2 Å². The zero-order valence-corrected chi connectivity index (χ0v) is 21.1. The maximum absolute atomic E-state index is 12.4. The number of hydrogen-bond acceptors (Lipinski definition) is 7. The van der Waals surface area contributed by atoms with Gasteiger partial charge in [-0.15, -0.1) is 0 Å². The summed E-state index contributed by atoms with van der Waals surface area (Å²) < 4.78 is 7.94. The van der Waals surface area contributed by atoms with Crippen LogP contribution in [0.2, 0.25) is 0 Å². The van der Waals surface area contributed by atoms with Crippen LogP contribution in [-0.4, -0.2) is 74.6 Å². The lowest BCUT2D eigenvalue weighted by Gasteiger charge is -2.32. The van der Waals surface area contributed by atoms with E-state index in [1.807, 2.05) is 43.1 Å². The third kappa shape index (κ3) is 5.19. The summed E-state index contributed by atoms with van der Waals surface area (Å²) in [5, 5.41) is 9.35. The predicted molar refractivity (Wildman–Crippen MR) is 136 cm³/mol. The molecule has 0 saturated carbocycles. The van der Waals surface area contributed by atoms with E-state index in [4.69, 9.17) is 4.74 Å². The Bertz CT molecular complexity index is 1280. The third-order valence-electron chi connectivity index (χ3n) is 7.42. The quantitative estimate of drug-likeness (QED) is 0.504. The maximum atomic E-state index is 12.4. The summed E-state index contributed by atoms with van der Waals surface area (Å²) in [6.07, 6.45) is 7.22. The van der Waals surface area contributed by atoms with Crippen molar-refractivity contribution in [3.63, 3.8) is 0 Å². The molecule has 5 rings (SSSR count). The molecule has 2 fully saturated rings. The van der Waals surface area contributed by atoms with Gasteiger partial charge in [-0.05, 0) is 81.8 Å². The molecule has 0 atom stereocenters. The fourth-order valence-corrected chi connectivity index (χ4v) is 5.24. The van der Waals surface area contributed by atoms with Crippen LogP contribution < -0.4 is 4.74 Å². The molecule has 4 heterocycles. The molecule has 2 saturated heterocycles. The van der Waals surface area contributed by atoms with Crippen molar-refractivity contribution in [3.05, 3.63) is 35.9 Å². The average Bonchev–Trinajstić information content (AvgIpc) is 3.56. The smallest absolute Gasteiger partial charge is 0.236 e. The second kappa shape index (κ2) is 10.6. The van der Waals surface area contributed by atoms with Gasteiger partial charge in [-0.1, -0.05) is 0 Å². The molecule has 2 aliphatic heterocycles. The minimum Gasteiger partial charge on any atom is -0.493 e. The van der Waals surface area contributed by atoms with E-state index >= 15 is 0 Å². The molecule has 0 bridgehead atoms. The number of aromatic nitrogens is 4. The molecule has 2 aromatic heterocycles. The Hall–Kier alpha value is -3.51. The van der Waals surface area contributed by atoms with E-state index in [0.717, 1.165) is 75.2 Å². The number of amides is 1. The third-order valence-corrected chi connectivity index (χ3v) is 7.42. The Morgan fingerprint density at radius 1 is 1.17 bits per heavy atom. The Labute approximate surface area is 211 Å². The molecule has 1 amide bonds. The summed E-state index contributed by atoms with van der Waals surface area (Å²) in [6.45, 7) is 7.11. The van der Waals surface area contributed by atoms with Crippen LogP contribution in [0.4, 0.5) is 0 Å². The van der Waals surface area contributed by atoms with E-state index in [0.29, 0.717) is 41.8 Å². The monoisotopic (exact) mass is 487 g/mol. The van der Waals surface area contributed by atoms with Gasteiger partial charge in [0.15, 0.2) is 5.65 Å². The molecule has 0 spiro atoms. The molecule has 36 heavy (non-hydrogen) atoms. The molecule has 0 N–H and O–H groups in total. The van der Waals surface area contributed by atoms with Crippen LogP contribution in [-0.2, 0) is 11.8 Å². The second-order valence-corrected chi connectivity index (χ2v) is 9.96. The van der Waals surface area contributed by atoms with Gasteiger partial charge >= 0.3 is 0 Å². The van der Waals surface area contributed by atoms with Crippen LogP contribution in [0.3, 0.4) is 0 Å². The number of hydrogen-bond donors (Lipinski definition) is 0. The van der Waals surface area contributed by atoms with Gasteiger partial charge in [-0.3, -0.25) is 9.69 Å². The molecule has 0 radical (unpaired) electrons. The number of piperidine rings is 1. The second-order valence-electron chi connectivity index (χ2n) is 9.96. The number of carbonyl (C=O) groups excluding carboxylic acids is 1. The first-order valence-electron chi connectivity index (χ1n) is 12.8. The van der Waals surface area contributed by atoms with Crippen molar-refractivity contribution in [1.29, 1.82) is 5.26 Å². The number of rotatable bonds is 7. The lowest BCUT2D eigenvalue weighted by atomic mass is 9.94. The van der Waals surface area contributed by atoms with Crippen LogP contribution >= 0.6 is 0 Å². The van der Waals surface area contributed by atoms with Crippen LogP contribution in [0.25, 0.3) is 22.4 Å². The van der Waals surface area contributed by atoms with Gasteiger partial charge in [0.25, 0.3) is 0 Å². The number of nitriles is 1. The molecule has 188 valence electrons. The maximum Gasteiger partial charge on any atom is 0.236 e. The first kappa shape index (κ1) is 24.2. The first-order valence-corrected chi connectivity index (χ1v) is 12.8. The number of fused-ring (bicyclic) bond motifs is 1. The SMILES string of the molecule is Cc1cc(-c2nc(C#N)nc3c2ncn3C)ccc1OCCC1CCN(CC(=O)N2CCCC2)CC1. The number of likely N-dealkylation sites (tertiary alicyclic amines) is 2. The van der Waals surface area contributed by atoms with Gasteiger partial charge in [-0.25, -0.2) is 9.97 Å². The van der Waals surface area contributed by atoms with Crippen molar-refractivity contribution in [2.75, 3.05) is 39.3 Å². The number of benzene rings is 1. The normalized spacial score (nSPS) is 17.0. The standard InChI is InChI=1S/C27H33N7O2/c1-19-15-21(25-26-27(32(2)18-29-26)31-23(16-28)30-25)5-6-22(19)36-14-9-20-7-12-33(13-8-20)17-24(35)34-10-3-4-11-34/h5-6,15,18,20H,3-4,7-14,17H2,1-2H3. The summed E-state index contributed by atoms with van der Waals surface area (Å²) in [4.78, 5) is 29.9. The number of ether oxygens (including phenoxy) is 1. The lowest BCUT2D eigenvalue weighted by Crippen LogP contribution is -2.42. The van der Waals surface area contributed by atoms with Crippen molar-refractivity contribution in [2.24, 2.45) is 13.0 Å². The first-order chi connectivity index (χ1) is 17.5. The highest BCUT2D eigenvalue weighted by atomic mass is 16.5. The van der Waals surface area contributed by atoms with E-state index in [1.165, 1.54) is 0 Å². The van der Waals surface area contributed by atoms with Crippen molar-refractivity contribution < 1.29 is 9.53 Å². The molecule has 9 heteroatoms. The predicted octanol–water partition coefficient (Wildman–Crippen LogP) is 3.31. The van der Waals surface area contributed by atoms with Crippen molar-refractivity contribution in [3.8, 4) is 23.1 Å². The van der Waals surface area contributed by atoms with Crippen molar-refractivity contribution >= 4 is 17.1 Å². The van der Waals surface area contributed by atoms with E-state index < -0.39 is 0 Å². The van der Waals surface area contributed by atoms with E-state index in [9.17, 15) is 10.1 Å². The number of imidazole rings is 1. The Morgan fingerprint density at radius 2 is 1.94 bits per heavy atom. The van der Waals surface area contributed by atoms with Gasteiger partial charge in [0, 0.05) is 25.7 Å². The van der Waals surface area contributed by atoms with Gasteiger partial charge in [0.2, 0.25) is 11.7 Å². The molecular weight excluding hydrogens is 454 g/mol. The van der Waals surface area contributed by atoms with Gasteiger partial charge in [0.1, 0.15) is 23.0 Å². The molecular formula is C27H33N7O2. The summed E-state index contributed by atoms with van der Waals surface area (Å²) in [5.41, 5.74) is 3.88. The number of carbonyl (C=O) groups is 1. The zero-order valence-electron chi connectivity index (χ0n) is 21.1. The lowest BCUT2D eigenvalue weighted by molar-refractivity contribution is -0.131. The van der Waals surface area contributed by atoms with Crippen molar-refractivity contribution in [1.82, 2.24) is 29.3 Å². The average molecular weight is 488 g/mol. The zero-order chi connectivity index (χ0) is 25.1. The Kier molecular flexibility index (Phi) is 7.14. The van der Waals surface area contributed by atoms with Gasteiger partial charge < -0.3 is 14.2 Å². The minimum absolute atomic E-state index is 0.130. The van der Waals surface area contributed by atoms with Crippen LogP contribution in [0.5, 0.6) is 5.75 Å². The Balaban J connectivity index is 1.14. The number of nitrogens with zero attached hydrogens (tertiary/aromatic N) is 7. The summed E-state index contributed by atoms with van der Waals surface area (Å²) in [7, 11) is 1.85. The topological polar surface area (TPSA) is 100 Å². The fourth-order valence-electron chi connectivity index (χ4n) is 5.24. The minimum atomic E-state index is 0.130. The van der Waals surface area contributed by atoms with E-state index in [2.05, 4.69) is 19.9 Å². The Morgan fingerprint density at radius 3 is 2.67 bits per heavy atom. The highest BCUT2D eigenvalue weighted by Crippen LogP contribution is 2.30. The van der Waals surface area contributed by atoms with E-state index in [1.54, 1.807) is 10.9 Å². The van der Waals surface area contributed by atoms with Gasteiger partial charge in [0.05, 0.1) is 19.5 Å². The fraction of sp³-hybridized carbons (Fsp3) is 0.519. The van der Waals surface area contributed by atoms with E-state index in [-0.39, 0.29) is 5.82 Å². The van der Waals surface area contributed by atoms with Crippen LogP contribution in [0.1, 0.15) is 43.5 Å². The molecule has 0 unspecified atom stereocenters. The molecule has 2 aliphatic rings.